The highest BCUT2D eigenvalue weighted by atomic mass is 19.4. The molecule has 1 amide bonds. The Morgan fingerprint density at radius 2 is 1.79 bits per heavy atom. The number of benzene rings is 1. The number of halogens is 3. The summed E-state index contributed by atoms with van der Waals surface area (Å²) in [4.78, 5) is 11.5. The molecule has 3 nitrogen and oxygen atoms in total. The predicted octanol–water partition coefficient (Wildman–Crippen LogP) is 3.24. The molecular weight excluding hydrogens is 259 g/mol. The Bertz CT molecular complexity index is 469. The van der Waals surface area contributed by atoms with Gasteiger partial charge in [-0.25, -0.2) is 0 Å². The van der Waals surface area contributed by atoms with Crippen molar-refractivity contribution in [3.05, 3.63) is 29.3 Å². The van der Waals surface area contributed by atoms with Crippen LogP contribution < -0.4 is 5.32 Å². The molecule has 0 spiro atoms. The first kappa shape index (κ1) is 15.3. The monoisotopic (exact) mass is 275 g/mol. The van der Waals surface area contributed by atoms with Crippen molar-refractivity contribution in [2.24, 2.45) is 5.92 Å². The predicted molar refractivity (Wildman–Crippen MR) is 64.5 cm³/mol. The number of alkyl halides is 3. The average molecular weight is 275 g/mol. The molecule has 0 saturated heterocycles. The first-order chi connectivity index (χ1) is 8.61. The van der Waals surface area contributed by atoms with E-state index in [2.05, 4.69) is 5.32 Å². The third-order valence-corrected chi connectivity index (χ3v) is 2.65. The fourth-order valence-corrected chi connectivity index (χ4v) is 1.51. The third-order valence-electron chi connectivity index (χ3n) is 2.65. The minimum Gasteiger partial charge on any atom is -0.508 e. The number of phenolic OH excluding ortho intramolecular Hbond substituents is 1. The van der Waals surface area contributed by atoms with Crippen molar-refractivity contribution in [3.8, 4) is 5.75 Å². The molecule has 0 radical (unpaired) electrons. The summed E-state index contributed by atoms with van der Waals surface area (Å²) in [6, 6.07) is 2.18. The zero-order valence-corrected chi connectivity index (χ0v) is 10.9. The summed E-state index contributed by atoms with van der Waals surface area (Å²) in [7, 11) is 0. The zero-order valence-electron chi connectivity index (χ0n) is 10.9. The molecule has 1 rings (SSSR count). The first-order valence-corrected chi connectivity index (χ1v) is 5.82. The summed E-state index contributed by atoms with van der Waals surface area (Å²) >= 11 is 0. The number of rotatable bonds is 3. The molecule has 0 heterocycles. The van der Waals surface area contributed by atoms with Crippen LogP contribution in [0.3, 0.4) is 0 Å². The van der Waals surface area contributed by atoms with Crippen LogP contribution >= 0.6 is 0 Å². The van der Waals surface area contributed by atoms with E-state index in [1.807, 2.05) is 0 Å². The van der Waals surface area contributed by atoms with Crippen LogP contribution in [0.4, 0.5) is 13.2 Å². The van der Waals surface area contributed by atoms with Crippen LogP contribution in [0.5, 0.6) is 5.75 Å². The second-order valence-corrected chi connectivity index (χ2v) is 4.70. The van der Waals surface area contributed by atoms with Crippen molar-refractivity contribution in [3.63, 3.8) is 0 Å². The largest absolute Gasteiger partial charge is 0.508 e. The molecule has 0 aliphatic rings. The minimum absolute atomic E-state index is 0.210. The summed E-state index contributed by atoms with van der Waals surface area (Å²) in [5.74, 6) is -0.998. The molecule has 19 heavy (non-hydrogen) atoms. The molecule has 1 atom stereocenters. The maximum absolute atomic E-state index is 12.6. The lowest BCUT2D eigenvalue weighted by atomic mass is 10.0. The number of hydrogen-bond acceptors (Lipinski definition) is 2. The summed E-state index contributed by atoms with van der Waals surface area (Å²) in [5, 5.41) is 11.9. The number of carbonyl (C=O) groups is 1. The van der Waals surface area contributed by atoms with Gasteiger partial charge in [-0.1, -0.05) is 13.8 Å². The lowest BCUT2D eigenvalue weighted by Crippen LogP contribution is -2.30. The van der Waals surface area contributed by atoms with Gasteiger partial charge >= 0.3 is 6.18 Å². The van der Waals surface area contributed by atoms with E-state index in [0.29, 0.717) is 6.07 Å². The van der Waals surface area contributed by atoms with Gasteiger partial charge in [0.05, 0.1) is 11.6 Å². The van der Waals surface area contributed by atoms with Crippen LogP contribution in [0.25, 0.3) is 0 Å². The maximum Gasteiger partial charge on any atom is 0.416 e. The van der Waals surface area contributed by atoms with Gasteiger partial charge in [0.25, 0.3) is 0 Å². The fourth-order valence-electron chi connectivity index (χ4n) is 1.51. The van der Waals surface area contributed by atoms with Crippen LogP contribution in [0, 0.1) is 5.92 Å². The van der Waals surface area contributed by atoms with Gasteiger partial charge in [0.2, 0.25) is 5.91 Å². The van der Waals surface area contributed by atoms with Gasteiger partial charge in [-0.2, -0.15) is 13.2 Å². The van der Waals surface area contributed by atoms with E-state index in [1.165, 1.54) is 6.07 Å². The molecule has 106 valence electrons. The van der Waals surface area contributed by atoms with Gasteiger partial charge in [-0.3, -0.25) is 4.79 Å². The molecule has 0 bridgehead atoms. The zero-order chi connectivity index (χ0) is 14.8. The Morgan fingerprint density at radius 3 is 2.26 bits per heavy atom. The topological polar surface area (TPSA) is 49.3 Å². The lowest BCUT2D eigenvalue weighted by Gasteiger charge is -2.18. The highest BCUT2D eigenvalue weighted by molar-refractivity contribution is 5.78. The van der Waals surface area contributed by atoms with Crippen LogP contribution in [-0.2, 0) is 11.0 Å². The van der Waals surface area contributed by atoms with Crippen molar-refractivity contribution >= 4 is 5.91 Å². The highest BCUT2D eigenvalue weighted by Crippen LogP contribution is 2.33. The summed E-state index contributed by atoms with van der Waals surface area (Å²) in [5.41, 5.74) is -0.727. The van der Waals surface area contributed by atoms with Crippen LogP contribution in [0.2, 0.25) is 0 Å². The number of amides is 1. The summed E-state index contributed by atoms with van der Waals surface area (Å²) in [6.45, 7) is 4.94. The molecular formula is C13H16F3NO2. The number of carbonyl (C=O) groups excluding carboxylic acids is 1. The SMILES string of the molecule is CC(C)C(=O)N[C@H](C)c1cc(O)cc(C(F)(F)F)c1. The molecule has 0 unspecified atom stereocenters. The molecule has 0 saturated carbocycles. The lowest BCUT2D eigenvalue weighted by molar-refractivity contribution is -0.137. The second-order valence-electron chi connectivity index (χ2n) is 4.70. The van der Waals surface area contributed by atoms with Gasteiger partial charge in [-0.15, -0.1) is 0 Å². The van der Waals surface area contributed by atoms with Crippen LogP contribution in [0.1, 0.15) is 37.9 Å². The molecule has 0 aromatic heterocycles. The maximum atomic E-state index is 12.6. The van der Waals surface area contributed by atoms with Crippen LogP contribution in [-0.4, -0.2) is 11.0 Å². The van der Waals surface area contributed by atoms with Gasteiger partial charge < -0.3 is 10.4 Å². The van der Waals surface area contributed by atoms with Gasteiger partial charge in [0.15, 0.2) is 0 Å². The quantitative estimate of drug-likeness (QED) is 0.889. The van der Waals surface area contributed by atoms with Crippen molar-refractivity contribution in [1.29, 1.82) is 0 Å². The van der Waals surface area contributed by atoms with E-state index in [-0.39, 0.29) is 17.4 Å². The molecule has 6 heteroatoms. The van der Waals surface area contributed by atoms with E-state index in [4.69, 9.17) is 0 Å². The normalized spacial score (nSPS) is 13.4. The fraction of sp³-hybridized carbons (Fsp3) is 0.462. The van der Waals surface area contributed by atoms with Crippen molar-refractivity contribution < 1.29 is 23.1 Å². The smallest absolute Gasteiger partial charge is 0.416 e. The molecule has 0 aliphatic heterocycles. The van der Waals surface area contributed by atoms with E-state index < -0.39 is 23.5 Å². The minimum atomic E-state index is -4.53. The summed E-state index contributed by atoms with van der Waals surface area (Å²) in [6.07, 6.45) is -4.53. The summed E-state index contributed by atoms with van der Waals surface area (Å²) < 4.78 is 37.8. The number of hydrogen-bond donors (Lipinski definition) is 2. The standard InChI is InChI=1S/C13H16F3NO2/c1-7(2)12(19)17-8(3)9-4-10(13(14,15)16)6-11(18)5-9/h4-8,18H,1-3H3,(H,17,19)/t8-/m1/s1. The van der Waals surface area contributed by atoms with Crippen LogP contribution in [0.15, 0.2) is 18.2 Å². The number of nitrogens with one attached hydrogen (secondary N) is 1. The molecule has 0 aliphatic carbocycles. The van der Waals surface area contributed by atoms with Gasteiger partial charge in [-0.05, 0) is 30.7 Å². The third kappa shape index (κ3) is 4.15. The first-order valence-electron chi connectivity index (χ1n) is 5.82. The Hall–Kier alpha value is -1.72. The van der Waals surface area contributed by atoms with Crippen molar-refractivity contribution in [2.75, 3.05) is 0 Å². The molecule has 2 N–H and O–H groups in total. The van der Waals surface area contributed by atoms with Crippen molar-refractivity contribution in [1.82, 2.24) is 5.32 Å². The Kier molecular flexibility index (Phi) is 4.44. The van der Waals surface area contributed by atoms with E-state index in [0.717, 1.165) is 6.07 Å². The number of phenols is 1. The number of aromatic hydroxyl groups is 1. The molecule has 1 aromatic rings. The average Bonchev–Trinajstić information content (AvgIpc) is 2.26. The Labute approximate surface area is 109 Å². The molecule has 0 fully saturated rings. The van der Waals surface area contributed by atoms with E-state index in [1.54, 1.807) is 20.8 Å². The molecule has 1 aromatic carbocycles. The van der Waals surface area contributed by atoms with Crippen molar-refractivity contribution in [2.45, 2.75) is 33.0 Å². The van der Waals surface area contributed by atoms with E-state index in [9.17, 15) is 23.1 Å². The second kappa shape index (κ2) is 5.50. The Morgan fingerprint density at radius 1 is 1.21 bits per heavy atom. The van der Waals surface area contributed by atoms with Gasteiger partial charge in [0, 0.05) is 5.92 Å². The Balaban J connectivity index is 3.01. The van der Waals surface area contributed by atoms with Gasteiger partial charge in [0.1, 0.15) is 5.75 Å². The van der Waals surface area contributed by atoms with E-state index >= 15 is 0 Å². The highest BCUT2D eigenvalue weighted by Gasteiger charge is 2.31.